The van der Waals surface area contributed by atoms with Gasteiger partial charge in [-0.05, 0) is 6.07 Å². The zero-order valence-corrected chi connectivity index (χ0v) is 15.4. The largest absolute Gasteiger partial charge is 0.396 e. The normalized spacial score (nSPS) is 13.1. The van der Waals surface area contributed by atoms with E-state index in [1.165, 1.54) is 12.1 Å². The van der Waals surface area contributed by atoms with Crippen LogP contribution in [-0.4, -0.2) is 54.1 Å². The first-order valence-corrected chi connectivity index (χ1v) is 7.83. The Bertz CT molecular complexity index is 971. The summed E-state index contributed by atoms with van der Waals surface area (Å²) in [5.74, 6) is -1.08. The van der Waals surface area contributed by atoms with Crippen LogP contribution >= 0.6 is 11.6 Å². The second-order valence-electron chi connectivity index (χ2n) is 4.70. The number of carbonyl (C=O) groups excluding carboxylic acids is 2. The number of rotatable bonds is 1. The topological polar surface area (TPSA) is 115 Å². The van der Waals surface area contributed by atoms with Gasteiger partial charge in [-0.1, -0.05) is 35.9 Å². The Morgan fingerprint density at radius 1 is 1.00 bits per heavy atom. The van der Waals surface area contributed by atoms with Crippen LogP contribution in [0.25, 0.3) is 0 Å². The van der Waals surface area contributed by atoms with Gasteiger partial charge < -0.3 is 5.73 Å². The molecule has 2 aromatic rings. The third kappa shape index (κ3) is 2.73. The van der Waals surface area contributed by atoms with Gasteiger partial charge in [0.05, 0.1) is 16.3 Å². The van der Waals surface area contributed by atoms with E-state index >= 15 is 0 Å². The van der Waals surface area contributed by atoms with E-state index < -0.39 is 32.3 Å². The number of hydrogen-bond donors (Lipinski definition) is 2. The molecule has 3 N–H and O–H groups in total. The van der Waals surface area contributed by atoms with Crippen LogP contribution in [0.5, 0.6) is 0 Å². The smallest absolute Gasteiger partial charge is 0.296 e. The molecule has 1 radical (unpaired) electrons. The van der Waals surface area contributed by atoms with E-state index in [2.05, 4.69) is 0 Å². The first-order chi connectivity index (χ1) is 10.2. The minimum Gasteiger partial charge on any atom is -0.396 e. The zero-order chi connectivity index (χ0) is 16.2. The van der Waals surface area contributed by atoms with Crippen LogP contribution in [-0.2, 0) is 10.1 Å². The first-order valence-electron chi connectivity index (χ1n) is 6.01. The minimum absolute atomic E-state index is 0. The van der Waals surface area contributed by atoms with Gasteiger partial charge in [0.1, 0.15) is 4.90 Å². The van der Waals surface area contributed by atoms with Crippen molar-refractivity contribution in [1.29, 1.82) is 0 Å². The van der Waals surface area contributed by atoms with Crippen LogP contribution in [0.4, 0.5) is 5.69 Å². The molecule has 0 saturated heterocycles. The van der Waals surface area contributed by atoms with Crippen LogP contribution in [0.1, 0.15) is 31.8 Å². The van der Waals surface area contributed by atoms with Gasteiger partial charge in [0, 0.05) is 46.2 Å². The Balaban J connectivity index is 0.00000192. The van der Waals surface area contributed by atoms with E-state index in [1.54, 1.807) is 12.1 Å². The van der Waals surface area contributed by atoms with Crippen LogP contribution in [0.2, 0.25) is 5.02 Å². The van der Waals surface area contributed by atoms with E-state index in [1.807, 2.05) is 0 Å². The fourth-order valence-corrected chi connectivity index (χ4v) is 3.41. The molecule has 23 heavy (non-hydrogen) atoms. The van der Waals surface area contributed by atoms with Crippen LogP contribution in [0, 0.1) is 0 Å². The number of nitrogen functional groups attached to an aromatic ring is 1. The van der Waals surface area contributed by atoms with Crippen LogP contribution in [0.15, 0.2) is 35.2 Å². The van der Waals surface area contributed by atoms with Crippen molar-refractivity contribution < 1.29 is 22.6 Å². The van der Waals surface area contributed by atoms with Gasteiger partial charge in [0.15, 0.2) is 11.6 Å². The van der Waals surface area contributed by atoms with Crippen LogP contribution in [0.3, 0.4) is 0 Å². The summed E-state index contributed by atoms with van der Waals surface area (Å²) in [4.78, 5) is 24.3. The molecule has 0 bridgehead atoms. The van der Waals surface area contributed by atoms with E-state index in [9.17, 15) is 22.6 Å². The molecule has 0 fully saturated rings. The maximum atomic E-state index is 12.5. The molecule has 1 aliphatic carbocycles. The van der Waals surface area contributed by atoms with E-state index in [0.29, 0.717) is 0 Å². The second kappa shape index (κ2) is 6.01. The molecular weight excluding hydrogens is 353 g/mol. The molecule has 0 unspecified atom stereocenters. The fraction of sp³-hybridized carbons (Fsp3) is 0. The van der Waals surface area contributed by atoms with Crippen molar-refractivity contribution in [1.82, 2.24) is 0 Å². The number of anilines is 1. The number of carbonyl (C=O) groups is 2. The maximum absolute atomic E-state index is 12.5. The predicted molar refractivity (Wildman–Crippen MR) is 84.7 cm³/mol. The molecule has 6 nitrogen and oxygen atoms in total. The molecule has 0 aliphatic heterocycles. The number of nitrogens with two attached hydrogens (primary N) is 1. The van der Waals surface area contributed by atoms with Crippen molar-refractivity contribution in [3.63, 3.8) is 0 Å². The molecular formula is C14H8ClNNaO5S. The van der Waals surface area contributed by atoms with E-state index in [0.717, 1.165) is 6.07 Å². The van der Waals surface area contributed by atoms with Gasteiger partial charge in [0.2, 0.25) is 0 Å². The van der Waals surface area contributed by atoms with Gasteiger partial charge in [-0.15, -0.1) is 0 Å². The fourth-order valence-electron chi connectivity index (χ4n) is 2.42. The second-order valence-corrected chi connectivity index (χ2v) is 6.47. The molecule has 0 heterocycles. The molecule has 2 aromatic carbocycles. The molecule has 9 heteroatoms. The Morgan fingerprint density at radius 3 is 2.04 bits per heavy atom. The number of ketones is 2. The Kier molecular flexibility index (Phi) is 4.74. The zero-order valence-electron chi connectivity index (χ0n) is 11.8. The molecule has 0 aromatic heterocycles. The first kappa shape index (κ1) is 18.1. The molecule has 0 spiro atoms. The summed E-state index contributed by atoms with van der Waals surface area (Å²) in [6, 6.07) is 6.98. The van der Waals surface area contributed by atoms with Gasteiger partial charge in [-0.2, -0.15) is 8.42 Å². The number of benzene rings is 2. The molecule has 0 saturated carbocycles. The molecule has 3 rings (SSSR count). The van der Waals surface area contributed by atoms with Crippen molar-refractivity contribution in [3.05, 3.63) is 57.6 Å². The van der Waals surface area contributed by atoms with Crippen LogP contribution < -0.4 is 5.73 Å². The summed E-state index contributed by atoms with van der Waals surface area (Å²) in [7, 11) is -4.68. The quantitative estimate of drug-likeness (QED) is 0.386. The van der Waals surface area contributed by atoms with Crippen molar-refractivity contribution in [2.24, 2.45) is 0 Å². The van der Waals surface area contributed by atoms with Gasteiger partial charge in [-0.25, -0.2) is 0 Å². The summed E-state index contributed by atoms with van der Waals surface area (Å²) >= 11 is 5.98. The Hall–Kier alpha value is -1.22. The van der Waals surface area contributed by atoms with Crippen molar-refractivity contribution in [2.75, 3.05) is 5.73 Å². The summed E-state index contributed by atoms with van der Waals surface area (Å²) in [5, 5.41) is -0.363. The number of halogens is 1. The molecule has 1 aliphatic rings. The summed E-state index contributed by atoms with van der Waals surface area (Å²) in [6.07, 6.45) is 0. The monoisotopic (exact) mass is 360 g/mol. The minimum atomic E-state index is -4.68. The van der Waals surface area contributed by atoms with Crippen molar-refractivity contribution >= 4 is 68.5 Å². The third-order valence-corrected chi connectivity index (χ3v) is 4.72. The summed E-state index contributed by atoms with van der Waals surface area (Å²) in [6.45, 7) is 0. The summed E-state index contributed by atoms with van der Waals surface area (Å²) in [5.41, 5.74) is 5.07. The number of fused-ring (bicyclic) bond motifs is 2. The van der Waals surface area contributed by atoms with E-state index in [-0.39, 0.29) is 56.8 Å². The third-order valence-electron chi connectivity index (χ3n) is 3.43. The van der Waals surface area contributed by atoms with Crippen molar-refractivity contribution in [3.8, 4) is 0 Å². The van der Waals surface area contributed by atoms with E-state index in [4.69, 9.17) is 17.3 Å². The molecule has 0 atom stereocenters. The molecule has 113 valence electrons. The predicted octanol–water partition coefficient (Wildman–Crippen LogP) is 1.56. The summed E-state index contributed by atoms with van der Waals surface area (Å²) < 4.78 is 31.9. The molecule has 0 amide bonds. The van der Waals surface area contributed by atoms with Gasteiger partial charge >= 0.3 is 0 Å². The Morgan fingerprint density at radius 2 is 1.52 bits per heavy atom. The SMILES string of the molecule is Nc1c(S(=O)(=O)O)cc2c(c1Cl)C(=O)c1ccccc1C2=O.[Na]. The standard InChI is InChI=1S/C14H8ClNO5S.Na/c15-11-10-8(5-9(12(11)16)22(19,20)21)13(17)6-3-1-2-4-7(6)14(10)18;/h1-5H,16H2,(H,19,20,21);. The average molecular weight is 361 g/mol. The number of hydrogen-bond acceptors (Lipinski definition) is 5. The van der Waals surface area contributed by atoms with Gasteiger partial charge in [0.25, 0.3) is 10.1 Å². The average Bonchev–Trinajstić information content (AvgIpc) is 2.46. The van der Waals surface area contributed by atoms with Crippen molar-refractivity contribution in [2.45, 2.75) is 4.90 Å². The maximum Gasteiger partial charge on any atom is 0.296 e. The Labute approximate surface area is 158 Å². The van der Waals surface area contributed by atoms with Gasteiger partial charge in [-0.3, -0.25) is 14.1 Å².